The summed E-state index contributed by atoms with van der Waals surface area (Å²) in [7, 11) is -3.56. The van der Waals surface area contributed by atoms with Crippen LogP contribution in [0.5, 0.6) is 0 Å². The number of aryl methyl sites for hydroxylation is 1. The minimum Gasteiger partial charge on any atom is -0.381 e. The third-order valence-corrected chi connectivity index (χ3v) is 4.58. The van der Waals surface area contributed by atoms with Crippen LogP contribution in [0, 0.1) is 0 Å². The van der Waals surface area contributed by atoms with Gasteiger partial charge in [-0.3, -0.25) is 4.68 Å². The van der Waals surface area contributed by atoms with Crippen LogP contribution in [0.1, 0.15) is 6.92 Å². The van der Waals surface area contributed by atoms with E-state index in [0.717, 1.165) is 5.75 Å². The molecule has 1 rings (SSSR count). The second kappa shape index (κ2) is 6.81. The molecule has 102 valence electrons. The Bertz CT molecular complexity index is 496. The van der Waals surface area contributed by atoms with Gasteiger partial charge >= 0.3 is 0 Å². The molecule has 0 aromatic carbocycles. The maximum absolute atomic E-state index is 11.9. The van der Waals surface area contributed by atoms with Crippen molar-refractivity contribution in [2.24, 2.45) is 0 Å². The molecule has 0 aliphatic heterocycles. The molecule has 0 saturated heterocycles. The van der Waals surface area contributed by atoms with Gasteiger partial charge in [-0.25, -0.2) is 13.1 Å². The van der Waals surface area contributed by atoms with E-state index in [1.54, 1.807) is 17.8 Å². The first-order valence-electron chi connectivity index (χ1n) is 5.52. The molecule has 8 heteroatoms. The number of hydrogen-bond acceptors (Lipinski definition) is 5. The van der Waals surface area contributed by atoms with Crippen molar-refractivity contribution in [2.45, 2.75) is 18.4 Å². The number of rotatable bonds is 8. The van der Waals surface area contributed by atoms with Crippen molar-refractivity contribution in [1.29, 1.82) is 0 Å². The minimum atomic E-state index is -3.56. The van der Waals surface area contributed by atoms with E-state index >= 15 is 0 Å². The largest absolute Gasteiger partial charge is 0.381 e. The van der Waals surface area contributed by atoms with Crippen molar-refractivity contribution in [2.75, 3.05) is 23.8 Å². The van der Waals surface area contributed by atoms with E-state index in [2.05, 4.69) is 16.4 Å². The Morgan fingerprint density at radius 3 is 2.94 bits per heavy atom. The first-order chi connectivity index (χ1) is 8.51. The van der Waals surface area contributed by atoms with Gasteiger partial charge in [0, 0.05) is 30.8 Å². The molecule has 0 unspecified atom stereocenters. The fraction of sp³-hybridized carbons (Fsp3) is 0.500. The average molecular weight is 290 g/mol. The predicted octanol–water partition coefficient (Wildman–Crippen LogP) is 0.683. The lowest BCUT2D eigenvalue weighted by Crippen LogP contribution is -2.26. The quantitative estimate of drug-likeness (QED) is 0.543. The Morgan fingerprint density at radius 2 is 2.39 bits per heavy atom. The van der Waals surface area contributed by atoms with Gasteiger partial charge in [-0.15, -0.1) is 6.58 Å². The maximum atomic E-state index is 11.9. The SMILES string of the molecule is C=CCSCCNS(=O)(=O)c1cn(CC)nc1N. The lowest BCUT2D eigenvalue weighted by molar-refractivity contribution is 0.584. The molecular weight excluding hydrogens is 272 g/mol. The highest BCUT2D eigenvalue weighted by Crippen LogP contribution is 2.15. The van der Waals surface area contributed by atoms with Gasteiger partial charge < -0.3 is 5.73 Å². The predicted molar refractivity (Wildman–Crippen MR) is 75.0 cm³/mol. The fourth-order valence-electron chi connectivity index (χ4n) is 1.28. The highest BCUT2D eigenvalue weighted by Gasteiger charge is 2.20. The Kier molecular flexibility index (Phi) is 5.70. The lowest BCUT2D eigenvalue weighted by Gasteiger charge is -2.04. The van der Waals surface area contributed by atoms with E-state index in [1.807, 2.05) is 6.92 Å². The molecule has 0 fully saturated rings. The molecule has 6 nitrogen and oxygen atoms in total. The number of sulfonamides is 1. The molecule has 18 heavy (non-hydrogen) atoms. The van der Waals surface area contributed by atoms with E-state index in [-0.39, 0.29) is 10.7 Å². The summed E-state index contributed by atoms with van der Waals surface area (Å²) >= 11 is 1.61. The van der Waals surface area contributed by atoms with Crippen molar-refractivity contribution >= 4 is 27.6 Å². The van der Waals surface area contributed by atoms with Crippen molar-refractivity contribution in [3.8, 4) is 0 Å². The number of thioether (sulfide) groups is 1. The summed E-state index contributed by atoms with van der Waals surface area (Å²) in [6.45, 7) is 6.39. The zero-order valence-corrected chi connectivity index (χ0v) is 11.9. The van der Waals surface area contributed by atoms with Gasteiger partial charge in [-0.2, -0.15) is 16.9 Å². The Hall–Kier alpha value is -0.990. The van der Waals surface area contributed by atoms with Crippen LogP contribution in [0.25, 0.3) is 0 Å². The second-order valence-electron chi connectivity index (χ2n) is 3.50. The lowest BCUT2D eigenvalue weighted by atomic mass is 10.6. The molecule has 0 saturated carbocycles. The molecule has 3 N–H and O–H groups in total. The van der Waals surface area contributed by atoms with Gasteiger partial charge in [0.1, 0.15) is 4.90 Å². The molecule has 0 atom stereocenters. The van der Waals surface area contributed by atoms with Crippen LogP contribution in [0.2, 0.25) is 0 Å². The minimum absolute atomic E-state index is 0.0306. The number of hydrogen-bond donors (Lipinski definition) is 2. The molecule has 1 aromatic rings. The van der Waals surface area contributed by atoms with E-state index < -0.39 is 10.0 Å². The molecule has 0 radical (unpaired) electrons. The number of nitrogens with one attached hydrogen (secondary N) is 1. The Balaban J connectivity index is 2.62. The first-order valence-corrected chi connectivity index (χ1v) is 8.16. The summed E-state index contributed by atoms with van der Waals surface area (Å²) in [5.74, 6) is 1.52. The molecule has 1 heterocycles. The second-order valence-corrected chi connectivity index (χ2v) is 6.38. The van der Waals surface area contributed by atoms with Gasteiger partial charge in [0.25, 0.3) is 0 Å². The monoisotopic (exact) mass is 290 g/mol. The summed E-state index contributed by atoms with van der Waals surface area (Å²) in [5, 5.41) is 3.91. The number of nitrogens with two attached hydrogens (primary N) is 1. The molecule has 1 aromatic heterocycles. The van der Waals surface area contributed by atoms with Gasteiger partial charge in [0.2, 0.25) is 10.0 Å². The number of aromatic nitrogens is 2. The van der Waals surface area contributed by atoms with Gasteiger partial charge in [0.15, 0.2) is 5.82 Å². The molecule has 0 bridgehead atoms. The summed E-state index contributed by atoms with van der Waals surface area (Å²) in [4.78, 5) is 0.0399. The van der Waals surface area contributed by atoms with Crippen molar-refractivity contribution in [3.05, 3.63) is 18.9 Å². The first kappa shape index (κ1) is 15.1. The highest BCUT2D eigenvalue weighted by molar-refractivity contribution is 7.99. The van der Waals surface area contributed by atoms with E-state index in [4.69, 9.17) is 5.73 Å². The standard InChI is InChI=1S/C10H18N4O2S2/c1-3-6-17-7-5-12-18(15,16)9-8-14(4-2)13-10(9)11/h3,8,12H,1,4-7H2,2H3,(H2,11,13). The molecule has 0 aliphatic carbocycles. The van der Waals surface area contributed by atoms with Crippen LogP contribution in [0.4, 0.5) is 5.82 Å². The number of nitrogen functional groups attached to an aromatic ring is 1. The van der Waals surface area contributed by atoms with Crippen molar-refractivity contribution in [1.82, 2.24) is 14.5 Å². The summed E-state index contributed by atoms with van der Waals surface area (Å²) < 4.78 is 27.9. The third kappa shape index (κ3) is 4.04. The molecule has 0 spiro atoms. The Labute approximate surface area is 112 Å². The number of anilines is 1. The van der Waals surface area contributed by atoms with Gasteiger partial charge in [-0.1, -0.05) is 6.08 Å². The smallest absolute Gasteiger partial charge is 0.245 e. The molecule has 0 amide bonds. The van der Waals surface area contributed by atoms with Crippen LogP contribution >= 0.6 is 11.8 Å². The topological polar surface area (TPSA) is 90.0 Å². The van der Waals surface area contributed by atoms with Crippen molar-refractivity contribution < 1.29 is 8.42 Å². The van der Waals surface area contributed by atoms with Crippen LogP contribution in [0.3, 0.4) is 0 Å². The maximum Gasteiger partial charge on any atom is 0.245 e. The van der Waals surface area contributed by atoms with E-state index in [1.165, 1.54) is 10.9 Å². The summed E-state index contributed by atoms with van der Waals surface area (Å²) in [5.41, 5.74) is 5.59. The molecular formula is C10H18N4O2S2. The van der Waals surface area contributed by atoms with Crippen LogP contribution in [-0.2, 0) is 16.6 Å². The van der Waals surface area contributed by atoms with E-state index in [9.17, 15) is 8.42 Å². The zero-order chi connectivity index (χ0) is 13.6. The average Bonchev–Trinajstić information content (AvgIpc) is 2.71. The molecule has 0 aliphatic rings. The highest BCUT2D eigenvalue weighted by atomic mass is 32.2. The van der Waals surface area contributed by atoms with Crippen LogP contribution in [-0.4, -0.2) is 36.2 Å². The summed E-state index contributed by atoms with van der Waals surface area (Å²) in [6, 6.07) is 0. The normalized spacial score (nSPS) is 11.6. The summed E-state index contributed by atoms with van der Waals surface area (Å²) in [6.07, 6.45) is 3.22. The third-order valence-electron chi connectivity index (χ3n) is 2.14. The fourth-order valence-corrected chi connectivity index (χ4v) is 3.09. The van der Waals surface area contributed by atoms with Gasteiger partial charge in [0.05, 0.1) is 0 Å². The number of nitrogens with zero attached hydrogens (tertiary/aromatic N) is 2. The zero-order valence-electron chi connectivity index (χ0n) is 10.3. The van der Waals surface area contributed by atoms with Crippen molar-refractivity contribution in [3.63, 3.8) is 0 Å². The van der Waals surface area contributed by atoms with Crippen LogP contribution < -0.4 is 10.5 Å². The van der Waals surface area contributed by atoms with Gasteiger partial charge in [-0.05, 0) is 6.92 Å². The van der Waals surface area contributed by atoms with E-state index in [0.29, 0.717) is 18.8 Å². The van der Waals surface area contributed by atoms with Crippen LogP contribution in [0.15, 0.2) is 23.7 Å². The Morgan fingerprint density at radius 1 is 1.67 bits per heavy atom.